The van der Waals surface area contributed by atoms with E-state index < -0.39 is 5.82 Å². The van der Waals surface area contributed by atoms with Crippen molar-refractivity contribution in [3.05, 3.63) is 48.0 Å². The molecule has 0 radical (unpaired) electrons. The van der Waals surface area contributed by atoms with Gasteiger partial charge in [-0.25, -0.2) is 13.8 Å². The zero-order chi connectivity index (χ0) is 15.1. The molecule has 0 aliphatic heterocycles. The number of nitrogen functional groups attached to an aromatic ring is 1. The van der Waals surface area contributed by atoms with E-state index in [-0.39, 0.29) is 17.5 Å². The fourth-order valence-electron chi connectivity index (χ4n) is 2.46. The van der Waals surface area contributed by atoms with E-state index >= 15 is 0 Å². The molecule has 21 heavy (non-hydrogen) atoms. The quantitative estimate of drug-likeness (QED) is 0.720. The van der Waals surface area contributed by atoms with E-state index in [9.17, 15) is 8.78 Å². The smallest absolute Gasteiger partial charge is 0.146 e. The zero-order valence-electron chi connectivity index (χ0n) is 11.8. The highest BCUT2D eigenvalue weighted by atomic mass is 19.1. The van der Waals surface area contributed by atoms with Crippen molar-refractivity contribution in [1.29, 1.82) is 0 Å². The van der Waals surface area contributed by atoms with Crippen LogP contribution in [0.15, 0.2) is 36.4 Å². The molecule has 0 spiro atoms. The summed E-state index contributed by atoms with van der Waals surface area (Å²) in [5.74, 6) is -0.204. The maximum atomic E-state index is 13.7. The van der Waals surface area contributed by atoms with Crippen molar-refractivity contribution in [3.8, 4) is 11.4 Å². The summed E-state index contributed by atoms with van der Waals surface area (Å²) in [6.07, 6.45) is 0. The van der Waals surface area contributed by atoms with Crippen molar-refractivity contribution in [3.63, 3.8) is 0 Å². The SMILES string of the molecule is CC(C)n1c(-c2ccc(N)c(F)c2)nc2ccc(F)cc21. The maximum absolute atomic E-state index is 13.7. The molecule has 1 heterocycles. The lowest BCUT2D eigenvalue weighted by molar-refractivity contribution is 0.611. The minimum atomic E-state index is -0.485. The third-order valence-corrected chi connectivity index (χ3v) is 3.43. The average molecular weight is 287 g/mol. The molecule has 2 aromatic carbocycles. The second kappa shape index (κ2) is 4.84. The minimum absolute atomic E-state index is 0.0624. The van der Waals surface area contributed by atoms with E-state index in [0.29, 0.717) is 22.4 Å². The molecule has 1 aromatic heterocycles. The van der Waals surface area contributed by atoms with Crippen LogP contribution in [0.2, 0.25) is 0 Å². The number of rotatable bonds is 2. The zero-order valence-corrected chi connectivity index (χ0v) is 11.8. The Hall–Kier alpha value is -2.43. The Morgan fingerprint density at radius 2 is 1.86 bits per heavy atom. The number of hydrogen-bond acceptors (Lipinski definition) is 2. The van der Waals surface area contributed by atoms with Crippen LogP contribution in [0.3, 0.4) is 0 Å². The van der Waals surface area contributed by atoms with Gasteiger partial charge in [0.15, 0.2) is 0 Å². The number of anilines is 1. The lowest BCUT2D eigenvalue weighted by Crippen LogP contribution is -2.03. The highest BCUT2D eigenvalue weighted by Gasteiger charge is 2.16. The molecule has 0 atom stereocenters. The van der Waals surface area contributed by atoms with Crippen LogP contribution in [0.1, 0.15) is 19.9 Å². The molecule has 3 nitrogen and oxygen atoms in total. The van der Waals surface area contributed by atoms with Crippen LogP contribution in [-0.2, 0) is 0 Å². The standard InChI is InChI=1S/C16H15F2N3/c1-9(2)21-15-8-11(17)4-6-14(15)20-16(21)10-3-5-13(19)12(18)7-10/h3-9H,19H2,1-2H3. The molecule has 0 aliphatic carbocycles. The number of halogens is 2. The van der Waals surface area contributed by atoms with Gasteiger partial charge in [-0.05, 0) is 50.2 Å². The minimum Gasteiger partial charge on any atom is -0.396 e. The Bertz CT molecular complexity index is 822. The predicted molar refractivity (Wildman–Crippen MR) is 79.9 cm³/mol. The normalized spacial score (nSPS) is 11.5. The molecule has 108 valence electrons. The van der Waals surface area contributed by atoms with Gasteiger partial charge in [0.05, 0.1) is 16.7 Å². The largest absolute Gasteiger partial charge is 0.396 e. The molecule has 0 amide bonds. The monoisotopic (exact) mass is 287 g/mol. The van der Waals surface area contributed by atoms with Gasteiger partial charge < -0.3 is 10.3 Å². The lowest BCUT2D eigenvalue weighted by atomic mass is 10.1. The Labute approximate surface area is 121 Å². The summed E-state index contributed by atoms with van der Waals surface area (Å²) in [4.78, 5) is 4.50. The molecule has 0 saturated carbocycles. The van der Waals surface area contributed by atoms with E-state index in [0.717, 1.165) is 0 Å². The van der Waals surface area contributed by atoms with Crippen LogP contribution in [0.5, 0.6) is 0 Å². The van der Waals surface area contributed by atoms with Crippen molar-refractivity contribution in [2.24, 2.45) is 0 Å². The van der Waals surface area contributed by atoms with Crippen LogP contribution in [0.25, 0.3) is 22.4 Å². The summed E-state index contributed by atoms with van der Waals surface area (Å²) >= 11 is 0. The Kier molecular flexibility index (Phi) is 3.12. The first kappa shape index (κ1) is 13.5. The van der Waals surface area contributed by atoms with Gasteiger partial charge in [0.1, 0.15) is 17.5 Å². The van der Waals surface area contributed by atoms with Gasteiger partial charge in [-0.1, -0.05) is 0 Å². The molecule has 0 bridgehead atoms. The summed E-state index contributed by atoms with van der Waals surface area (Å²) in [5.41, 5.74) is 7.59. The van der Waals surface area contributed by atoms with E-state index in [1.165, 1.54) is 24.3 Å². The number of nitrogens with zero attached hydrogens (tertiary/aromatic N) is 2. The number of hydrogen-bond donors (Lipinski definition) is 1. The molecule has 0 saturated heterocycles. The maximum Gasteiger partial charge on any atom is 0.146 e. The Morgan fingerprint density at radius 3 is 2.52 bits per heavy atom. The Morgan fingerprint density at radius 1 is 1.10 bits per heavy atom. The Balaban J connectivity index is 2.30. The van der Waals surface area contributed by atoms with Gasteiger partial charge in [0.2, 0.25) is 0 Å². The predicted octanol–water partition coefficient (Wildman–Crippen LogP) is 4.14. The van der Waals surface area contributed by atoms with E-state index in [1.54, 1.807) is 12.1 Å². The van der Waals surface area contributed by atoms with Crippen LogP contribution in [0, 0.1) is 11.6 Å². The summed E-state index contributed by atoms with van der Waals surface area (Å²) < 4.78 is 29.1. The molecule has 3 rings (SSSR count). The second-order valence-corrected chi connectivity index (χ2v) is 5.27. The topological polar surface area (TPSA) is 43.8 Å². The second-order valence-electron chi connectivity index (χ2n) is 5.27. The molecule has 5 heteroatoms. The molecule has 3 aromatic rings. The van der Waals surface area contributed by atoms with Crippen LogP contribution in [-0.4, -0.2) is 9.55 Å². The van der Waals surface area contributed by atoms with Crippen molar-refractivity contribution < 1.29 is 8.78 Å². The fraction of sp³-hybridized carbons (Fsp3) is 0.188. The van der Waals surface area contributed by atoms with Crippen LogP contribution < -0.4 is 5.73 Å². The van der Waals surface area contributed by atoms with E-state index in [4.69, 9.17) is 5.73 Å². The van der Waals surface area contributed by atoms with Gasteiger partial charge in [0.25, 0.3) is 0 Å². The number of fused-ring (bicyclic) bond motifs is 1. The first-order valence-electron chi connectivity index (χ1n) is 6.70. The number of imidazole rings is 1. The van der Waals surface area contributed by atoms with Crippen LogP contribution >= 0.6 is 0 Å². The van der Waals surface area contributed by atoms with Crippen LogP contribution in [0.4, 0.5) is 14.5 Å². The van der Waals surface area contributed by atoms with Crippen molar-refractivity contribution in [2.45, 2.75) is 19.9 Å². The average Bonchev–Trinajstić information content (AvgIpc) is 2.80. The summed E-state index contributed by atoms with van der Waals surface area (Å²) in [7, 11) is 0. The number of aromatic nitrogens is 2. The van der Waals surface area contributed by atoms with Gasteiger partial charge in [-0.3, -0.25) is 0 Å². The first-order valence-corrected chi connectivity index (χ1v) is 6.70. The summed E-state index contributed by atoms with van der Waals surface area (Å²) in [5, 5.41) is 0. The summed E-state index contributed by atoms with van der Waals surface area (Å²) in [6.45, 7) is 3.95. The highest BCUT2D eigenvalue weighted by molar-refractivity contribution is 5.81. The fourth-order valence-corrected chi connectivity index (χ4v) is 2.46. The molecule has 0 fully saturated rings. The van der Waals surface area contributed by atoms with Gasteiger partial charge >= 0.3 is 0 Å². The third-order valence-electron chi connectivity index (χ3n) is 3.43. The lowest BCUT2D eigenvalue weighted by Gasteiger charge is -2.13. The molecule has 0 unspecified atom stereocenters. The number of nitrogens with two attached hydrogens (primary N) is 1. The first-order chi connectivity index (χ1) is 9.97. The van der Waals surface area contributed by atoms with Gasteiger partial charge in [0, 0.05) is 11.6 Å². The molecular formula is C16H15F2N3. The third kappa shape index (κ3) is 2.24. The van der Waals surface area contributed by atoms with Crippen molar-refractivity contribution >= 4 is 16.7 Å². The highest BCUT2D eigenvalue weighted by Crippen LogP contribution is 2.30. The van der Waals surface area contributed by atoms with Crippen molar-refractivity contribution in [1.82, 2.24) is 9.55 Å². The number of benzene rings is 2. The van der Waals surface area contributed by atoms with Gasteiger partial charge in [-0.15, -0.1) is 0 Å². The van der Waals surface area contributed by atoms with E-state index in [2.05, 4.69) is 4.98 Å². The van der Waals surface area contributed by atoms with Gasteiger partial charge in [-0.2, -0.15) is 0 Å². The van der Waals surface area contributed by atoms with Crippen molar-refractivity contribution in [2.75, 3.05) is 5.73 Å². The molecule has 2 N–H and O–H groups in total. The molecular weight excluding hydrogens is 272 g/mol. The van der Waals surface area contributed by atoms with E-state index in [1.807, 2.05) is 18.4 Å². The summed E-state index contributed by atoms with van der Waals surface area (Å²) in [6, 6.07) is 9.08. The molecule has 0 aliphatic rings.